The fraction of sp³-hybridized carbons (Fsp3) is 0.250. The summed E-state index contributed by atoms with van der Waals surface area (Å²) in [5.74, 6) is 0.0238. The van der Waals surface area contributed by atoms with E-state index in [0.29, 0.717) is 5.35 Å². The summed E-state index contributed by atoms with van der Waals surface area (Å²) in [5.41, 5.74) is 0.808. The van der Waals surface area contributed by atoms with Crippen LogP contribution in [0.15, 0.2) is 42.1 Å². The summed E-state index contributed by atoms with van der Waals surface area (Å²) in [5, 5.41) is 22.6. The quantitative estimate of drug-likeness (QED) is 0.497. The van der Waals surface area contributed by atoms with E-state index < -0.39 is 5.41 Å². The monoisotopic (exact) mass is 347 g/mol. The second-order valence-electron chi connectivity index (χ2n) is 6.43. The van der Waals surface area contributed by atoms with Gasteiger partial charge in [0.2, 0.25) is 0 Å². The Morgan fingerprint density at radius 3 is 2.65 bits per heavy atom. The zero-order chi connectivity index (χ0) is 18.9. The first kappa shape index (κ1) is 17.7. The molecule has 6 heteroatoms. The van der Waals surface area contributed by atoms with Gasteiger partial charge in [-0.05, 0) is 54.8 Å². The molecule has 132 valence electrons. The maximum absolute atomic E-state index is 11.6. The minimum Gasteiger partial charge on any atom is -0.293 e. The Labute approximate surface area is 151 Å². The second-order valence-corrected chi connectivity index (χ2v) is 6.43. The first-order chi connectivity index (χ1) is 12.4. The molecule has 1 aliphatic rings. The van der Waals surface area contributed by atoms with Gasteiger partial charge in [-0.3, -0.25) is 20.6 Å². The summed E-state index contributed by atoms with van der Waals surface area (Å²) < 4.78 is 1.26. The molecule has 0 aromatic carbocycles. The van der Waals surface area contributed by atoms with Crippen LogP contribution in [0.1, 0.15) is 37.2 Å². The summed E-state index contributed by atoms with van der Waals surface area (Å²) in [7, 11) is 0. The predicted octanol–water partition coefficient (Wildman–Crippen LogP) is 1.40. The highest BCUT2D eigenvalue weighted by atomic mass is 16.1. The number of hydrogen-bond donors (Lipinski definition) is 2. The van der Waals surface area contributed by atoms with Gasteiger partial charge in [-0.15, -0.1) is 0 Å². The average molecular weight is 347 g/mol. The van der Waals surface area contributed by atoms with Gasteiger partial charge in [-0.2, -0.15) is 5.10 Å². The number of aromatic nitrogens is 3. The third-order valence-electron chi connectivity index (χ3n) is 4.71. The van der Waals surface area contributed by atoms with Gasteiger partial charge < -0.3 is 0 Å². The third kappa shape index (κ3) is 3.06. The van der Waals surface area contributed by atoms with E-state index in [0.717, 1.165) is 23.6 Å². The van der Waals surface area contributed by atoms with Crippen LogP contribution in [0.4, 0.5) is 0 Å². The molecule has 3 rings (SSSR count). The molecule has 0 spiro atoms. The molecule has 26 heavy (non-hydrogen) atoms. The Bertz CT molecular complexity index is 1090. The Morgan fingerprint density at radius 1 is 1.35 bits per heavy atom. The van der Waals surface area contributed by atoms with E-state index in [-0.39, 0.29) is 22.8 Å². The maximum Gasteiger partial charge on any atom is 0.179 e. The van der Waals surface area contributed by atoms with Crippen molar-refractivity contribution in [1.82, 2.24) is 14.8 Å². The van der Waals surface area contributed by atoms with Gasteiger partial charge in [0.05, 0.1) is 10.8 Å². The molecule has 0 atom stereocenters. The summed E-state index contributed by atoms with van der Waals surface area (Å²) in [6.07, 6.45) is 7.27. The van der Waals surface area contributed by atoms with Crippen LogP contribution in [0.3, 0.4) is 0 Å². The average Bonchev–Trinajstić information content (AvgIpc) is 3.42. The second kappa shape index (κ2) is 6.63. The number of pyridine rings is 1. The zero-order valence-electron chi connectivity index (χ0n) is 14.9. The van der Waals surface area contributed by atoms with Crippen molar-refractivity contribution in [3.63, 3.8) is 0 Å². The molecule has 2 N–H and O–H groups in total. The summed E-state index contributed by atoms with van der Waals surface area (Å²) in [6.45, 7) is 7.31. The summed E-state index contributed by atoms with van der Waals surface area (Å²) in [6, 6.07) is 6.81. The van der Waals surface area contributed by atoms with Crippen molar-refractivity contribution in [2.45, 2.75) is 26.7 Å². The molecule has 6 nitrogen and oxygen atoms in total. The topological polar surface area (TPSA) is 95.5 Å². The van der Waals surface area contributed by atoms with Crippen molar-refractivity contribution in [2.24, 2.45) is 5.41 Å². The molecular weight excluding hydrogens is 326 g/mol. The largest absolute Gasteiger partial charge is 0.293 e. The molecule has 1 fully saturated rings. The minimum absolute atomic E-state index is 0.0842. The Balaban J connectivity index is 2.07. The van der Waals surface area contributed by atoms with E-state index in [1.165, 1.54) is 23.7 Å². The smallest absolute Gasteiger partial charge is 0.179 e. The Morgan fingerprint density at radius 2 is 2.08 bits per heavy atom. The zero-order valence-corrected chi connectivity index (χ0v) is 14.9. The Kier molecular flexibility index (Phi) is 4.50. The predicted molar refractivity (Wildman–Crippen MR) is 100 cm³/mol. The molecule has 1 aliphatic carbocycles. The number of hydrogen-bond acceptors (Lipinski definition) is 5. The van der Waals surface area contributed by atoms with Crippen LogP contribution in [0.5, 0.6) is 0 Å². The molecule has 0 bridgehead atoms. The lowest BCUT2D eigenvalue weighted by Gasteiger charge is -2.19. The van der Waals surface area contributed by atoms with Crippen LogP contribution in [-0.4, -0.2) is 26.4 Å². The highest BCUT2D eigenvalue weighted by Crippen LogP contribution is 2.53. The number of allylic oxidation sites excluding steroid dienone is 2. The highest BCUT2D eigenvalue weighted by Gasteiger charge is 2.50. The fourth-order valence-electron chi connectivity index (χ4n) is 3.02. The molecule has 0 saturated heterocycles. The van der Waals surface area contributed by atoms with Crippen molar-refractivity contribution < 1.29 is 4.79 Å². The molecular formula is C20H21N5O. The molecule has 0 amide bonds. The first-order valence-electron chi connectivity index (χ1n) is 8.43. The molecule has 2 aromatic heterocycles. The lowest BCUT2D eigenvalue weighted by Crippen LogP contribution is -2.37. The third-order valence-corrected chi connectivity index (χ3v) is 4.71. The summed E-state index contributed by atoms with van der Waals surface area (Å²) >= 11 is 0. The van der Waals surface area contributed by atoms with E-state index in [4.69, 9.17) is 10.8 Å². The van der Waals surface area contributed by atoms with Crippen LogP contribution in [-0.2, 0) is 0 Å². The Hall–Kier alpha value is -3.15. The van der Waals surface area contributed by atoms with Crippen molar-refractivity contribution in [2.75, 3.05) is 0 Å². The lowest BCUT2D eigenvalue weighted by molar-refractivity contribution is 0.101. The van der Waals surface area contributed by atoms with Crippen LogP contribution in [0.25, 0.3) is 12.7 Å². The van der Waals surface area contributed by atoms with E-state index in [1.807, 2.05) is 31.2 Å². The standard InChI is InChI=1S/C20H21N5O/c1-4-16(12-15-6-5-11-23-13(15)2)20(9-10-20)19(22)25-18(21)8-7-17(24-25)14(3)26/h4-8,11-12,21-22H,2,9-10H2,1,3H3/b15-12-,16-4+,21-18?,22-19?. The van der Waals surface area contributed by atoms with Crippen molar-refractivity contribution in [1.29, 1.82) is 10.8 Å². The molecule has 0 unspecified atom stereocenters. The number of carbonyl (C=O) groups excluding carboxylic acids is 1. The van der Waals surface area contributed by atoms with Crippen molar-refractivity contribution >= 4 is 24.3 Å². The fourth-order valence-corrected chi connectivity index (χ4v) is 3.02. The van der Waals surface area contributed by atoms with Crippen molar-refractivity contribution in [3.05, 3.63) is 63.9 Å². The number of nitrogens with one attached hydrogen (secondary N) is 2. The first-order valence-corrected chi connectivity index (χ1v) is 8.43. The van der Waals surface area contributed by atoms with Gasteiger partial charge in [0.25, 0.3) is 0 Å². The van der Waals surface area contributed by atoms with Crippen LogP contribution < -0.4 is 16.1 Å². The van der Waals surface area contributed by atoms with E-state index >= 15 is 0 Å². The van der Waals surface area contributed by atoms with Crippen LogP contribution >= 0.6 is 0 Å². The maximum atomic E-state index is 11.6. The van der Waals surface area contributed by atoms with E-state index in [2.05, 4.69) is 16.7 Å². The molecule has 0 aliphatic heterocycles. The van der Waals surface area contributed by atoms with Gasteiger partial charge in [-0.25, -0.2) is 4.68 Å². The highest BCUT2D eigenvalue weighted by molar-refractivity contribution is 5.95. The number of Topliss-reactive ketones (excluding diaryl/α,β-unsaturated/α-hetero) is 1. The number of nitrogens with zero attached hydrogens (tertiary/aromatic N) is 3. The lowest BCUT2D eigenvalue weighted by atomic mass is 9.92. The minimum atomic E-state index is -0.500. The van der Waals surface area contributed by atoms with Gasteiger partial charge in [-0.1, -0.05) is 18.7 Å². The number of carbonyl (C=O) groups is 1. The van der Waals surface area contributed by atoms with Crippen molar-refractivity contribution in [3.8, 4) is 0 Å². The van der Waals surface area contributed by atoms with Gasteiger partial charge in [0, 0.05) is 13.1 Å². The molecule has 1 saturated carbocycles. The number of ketones is 1. The van der Waals surface area contributed by atoms with Gasteiger partial charge in [0.1, 0.15) is 17.0 Å². The molecule has 0 radical (unpaired) electrons. The number of rotatable bonds is 4. The van der Waals surface area contributed by atoms with Gasteiger partial charge in [0.15, 0.2) is 5.78 Å². The summed E-state index contributed by atoms with van der Waals surface area (Å²) in [4.78, 5) is 15.8. The van der Waals surface area contributed by atoms with Gasteiger partial charge >= 0.3 is 0 Å². The van der Waals surface area contributed by atoms with Crippen LogP contribution in [0, 0.1) is 16.2 Å². The SMILES string of the molecule is C=c1nccc/c1=C/C(=C\C)C1(C(=N)n2nc(C(C)=O)ccc2=N)CC1. The normalized spacial score (nSPS) is 16.4. The molecule has 2 aromatic rings. The van der Waals surface area contributed by atoms with E-state index in [1.54, 1.807) is 6.20 Å². The van der Waals surface area contributed by atoms with E-state index in [9.17, 15) is 4.79 Å². The molecule has 2 heterocycles. The van der Waals surface area contributed by atoms with Crippen LogP contribution in [0.2, 0.25) is 0 Å².